The van der Waals surface area contributed by atoms with Gasteiger partial charge in [0.05, 0.1) is 12.2 Å². The van der Waals surface area contributed by atoms with Crippen LogP contribution in [0.3, 0.4) is 0 Å². The molecular formula is C13H19N5O. The predicted octanol–water partition coefficient (Wildman–Crippen LogP) is 0.949. The van der Waals surface area contributed by atoms with Crippen LogP contribution in [0.25, 0.3) is 11.0 Å². The second-order valence-electron chi connectivity index (χ2n) is 5.24. The van der Waals surface area contributed by atoms with E-state index < -0.39 is 0 Å². The Labute approximate surface area is 111 Å². The molecule has 1 aliphatic rings. The first-order valence-corrected chi connectivity index (χ1v) is 6.84. The molecule has 0 amide bonds. The van der Waals surface area contributed by atoms with Gasteiger partial charge in [-0.3, -0.25) is 9.48 Å². The molecule has 102 valence electrons. The first-order chi connectivity index (χ1) is 9.17. The Hall–Kier alpha value is -1.69. The number of aryl methyl sites for hydroxylation is 1. The van der Waals surface area contributed by atoms with Gasteiger partial charge < -0.3 is 9.88 Å². The fourth-order valence-electron chi connectivity index (χ4n) is 2.60. The van der Waals surface area contributed by atoms with Crippen LogP contribution >= 0.6 is 0 Å². The van der Waals surface area contributed by atoms with Crippen molar-refractivity contribution >= 4 is 11.0 Å². The highest BCUT2D eigenvalue weighted by atomic mass is 16.1. The van der Waals surface area contributed by atoms with Gasteiger partial charge in [0.1, 0.15) is 11.3 Å². The third-order valence-electron chi connectivity index (χ3n) is 3.84. The lowest BCUT2D eigenvalue weighted by Crippen LogP contribution is -2.31. The molecule has 6 nitrogen and oxygen atoms in total. The summed E-state index contributed by atoms with van der Waals surface area (Å²) in [6, 6.07) is 0.384. The number of nitrogens with zero attached hydrogens (tertiary/aromatic N) is 4. The molecule has 2 aromatic heterocycles. The fourth-order valence-corrected chi connectivity index (χ4v) is 2.60. The summed E-state index contributed by atoms with van der Waals surface area (Å²) in [5, 5.41) is 4.43. The van der Waals surface area contributed by atoms with Crippen molar-refractivity contribution in [2.45, 2.75) is 32.2 Å². The normalized spacial score (nSPS) is 18.2. The van der Waals surface area contributed by atoms with E-state index in [-0.39, 0.29) is 5.56 Å². The molecule has 0 bridgehead atoms. The van der Waals surface area contributed by atoms with Crippen molar-refractivity contribution < 1.29 is 0 Å². The maximum Gasteiger partial charge on any atom is 0.279 e. The van der Waals surface area contributed by atoms with Crippen LogP contribution in [0.2, 0.25) is 0 Å². The molecule has 0 aromatic carbocycles. The van der Waals surface area contributed by atoms with Crippen LogP contribution in [0.4, 0.5) is 0 Å². The topological polar surface area (TPSA) is 66.8 Å². The zero-order valence-electron chi connectivity index (χ0n) is 11.4. The first-order valence-electron chi connectivity index (χ1n) is 6.84. The smallest absolute Gasteiger partial charge is 0.279 e. The van der Waals surface area contributed by atoms with Gasteiger partial charge in [0.15, 0.2) is 5.52 Å². The Bertz CT molecular complexity index is 636. The summed E-state index contributed by atoms with van der Waals surface area (Å²) in [6.07, 6.45) is 4.79. The summed E-state index contributed by atoms with van der Waals surface area (Å²) in [6.45, 7) is 4.13. The van der Waals surface area contributed by atoms with Gasteiger partial charge in [-0.1, -0.05) is 6.92 Å². The molecule has 6 heteroatoms. The van der Waals surface area contributed by atoms with Gasteiger partial charge in [-0.15, -0.1) is 0 Å². The lowest BCUT2D eigenvalue weighted by molar-refractivity contribution is 0.213. The average molecular weight is 261 g/mol. The van der Waals surface area contributed by atoms with E-state index in [0.717, 1.165) is 38.2 Å². The van der Waals surface area contributed by atoms with Crippen molar-refractivity contribution in [3.05, 3.63) is 22.4 Å². The minimum atomic E-state index is -0.131. The minimum absolute atomic E-state index is 0.131. The van der Waals surface area contributed by atoms with Crippen LogP contribution in [0.1, 0.15) is 31.6 Å². The standard InChI is InChI=1S/C13H19N5O/c1-3-11-14-10-8-18(16-12(10)13(19)15-11)9-4-6-17(2)7-5-9/h8-9H,3-7H2,1-2H3,(H,14,15,19). The van der Waals surface area contributed by atoms with Crippen molar-refractivity contribution in [3.8, 4) is 0 Å². The van der Waals surface area contributed by atoms with Crippen molar-refractivity contribution in [2.24, 2.45) is 0 Å². The van der Waals surface area contributed by atoms with E-state index in [9.17, 15) is 4.79 Å². The minimum Gasteiger partial charge on any atom is -0.309 e. The largest absolute Gasteiger partial charge is 0.309 e. The average Bonchev–Trinajstić information content (AvgIpc) is 2.84. The molecule has 0 aliphatic carbocycles. The Morgan fingerprint density at radius 1 is 1.42 bits per heavy atom. The number of hydrogen-bond donors (Lipinski definition) is 1. The molecule has 1 N–H and O–H groups in total. The molecular weight excluding hydrogens is 242 g/mol. The third kappa shape index (κ3) is 2.28. The molecule has 1 fully saturated rings. The Morgan fingerprint density at radius 2 is 2.16 bits per heavy atom. The molecule has 0 spiro atoms. The lowest BCUT2D eigenvalue weighted by Gasteiger charge is -2.28. The molecule has 3 rings (SSSR count). The molecule has 19 heavy (non-hydrogen) atoms. The van der Waals surface area contributed by atoms with Gasteiger partial charge in [0.2, 0.25) is 0 Å². The number of piperidine rings is 1. The zero-order chi connectivity index (χ0) is 13.4. The quantitative estimate of drug-likeness (QED) is 0.874. The monoisotopic (exact) mass is 261 g/mol. The number of H-pyrrole nitrogens is 1. The van der Waals surface area contributed by atoms with E-state index >= 15 is 0 Å². The molecule has 3 heterocycles. The maximum absolute atomic E-state index is 11.9. The maximum atomic E-state index is 11.9. The summed E-state index contributed by atoms with van der Waals surface area (Å²) in [7, 11) is 2.13. The van der Waals surface area contributed by atoms with Crippen LogP contribution in [0, 0.1) is 0 Å². The van der Waals surface area contributed by atoms with Crippen LogP contribution in [-0.2, 0) is 6.42 Å². The molecule has 0 atom stereocenters. The van der Waals surface area contributed by atoms with E-state index in [1.165, 1.54) is 0 Å². The summed E-state index contributed by atoms with van der Waals surface area (Å²) >= 11 is 0. The fraction of sp³-hybridized carbons (Fsp3) is 0.615. The molecule has 0 unspecified atom stereocenters. The Morgan fingerprint density at radius 3 is 2.84 bits per heavy atom. The second-order valence-corrected chi connectivity index (χ2v) is 5.24. The molecule has 2 aromatic rings. The van der Waals surface area contributed by atoms with E-state index in [0.29, 0.717) is 17.1 Å². The van der Waals surface area contributed by atoms with Crippen molar-refractivity contribution in [1.82, 2.24) is 24.6 Å². The van der Waals surface area contributed by atoms with Crippen LogP contribution in [0.5, 0.6) is 0 Å². The van der Waals surface area contributed by atoms with Crippen molar-refractivity contribution in [1.29, 1.82) is 0 Å². The highest BCUT2D eigenvalue weighted by molar-refractivity contribution is 5.72. The van der Waals surface area contributed by atoms with Crippen LogP contribution in [-0.4, -0.2) is 44.8 Å². The van der Waals surface area contributed by atoms with Crippen molar-refractivity contribution in [2.75, 3.05) is 20.1 Å². The summed E-state index contributed by atoms with van der Waals surface area (Å²) < 4.78 is 1.93. The van der Waals surface area contributed by atoms with Crippen molar-refractivity contribution in [3.63, 3.8) is 0 Å². The number of rotatable bonds is 2. The van der Waals surface area contributed by atoms with Gasteiger partial charge in [-0.2, -0.15) is 5.10 Å². The van der Waals surface area contributed by atoms with E-state index in [2.05, 4.69) is 27.0 Å². The number of hydrogen-bond acceptors (Lipinski definition) is 4. The third-order valence-corrected chi connectivity index (χ3v) is 3.84. The summed E-state index contributed by atoms with van der Waals surface area (Å²) in [4.78, 5) is 21.5. The molecule has 0 radical (unpaired) electrons. The number of aromatic amines is 1. The number of nitrogens with one attached hydrogen (secondary N) is 1. The first kappa shape index (κ1) is 12.3. The Balaban J connectivity index is 1.97. The van der Waals surface area contributed by atoms with Gasteiger partial charge in [0.25, 0.3) is 5.56 Å². The molecule has 0 saturated carbocycles. The lowest BCUT2D eigenvalue weighted by atomic mass is 10.1. The summed E-state index contributed by atoms with van der Waals surface area (Å²) in [5.74, 6) is 0.723. The number of fused-ring (bicyclic) bond motifs is 1. The van der Waals surface area contributed by atoms with Gasteiger partial charge in [0, 0.05) is 6.42 Å². The van der Waals surface area contributed by atoms with Crippen LogP contribution < -0.4 is 5.56 Å². The van der Waals surface area contributed by atoms with Crippen LogP contribution in [0.15, 0.2) is 11.0 Å². The molecule has 1 aliphatic heterocycles. The predicted molar refractivity (Wildman–Crippen MR) is 73.3 cm³/mol. The zero-order valence-corrected chi connectivity index (χ0v) is 11.4. The Kier molecular flexibility index (Phi) is 3.10. The number of aromatic nitrogens is 4. The SMILES string of the molecule is CCc1nc2cn(C3CCN(C)CC3)nc2c(=O)[nH]1. The highest BCUT2D eigenvalue weighted by Crippen LogP contribution is 2.22. The highest BCUT2D eigenvalue weighted by Gasteiger charge is 2.20. The second kappa shape index (κ2) is 4.77. The summed E-state index contributed by atoms with van der Waals surface area (Å²) in [5.41, 5.74) is 1.03. The van der Waals surface area contributed by atoms with E-state index in [4.69, 9.17) is 0 Å². The van der Waals surface area contributed by atoms with Gasteiger partial charge in [-0.05, 0) is 33.0 Å². The van der Waals surface area contributed by atoms with Gasteiger partial charge >= 0.3 is 0 Å². The van der Waals surface area contributed by atoms with Gasteiger partial charge in [-0.25, -0.2) is 4.98 Å². The van der Waals surface area contributed by atoms with E-state index in [1.807, 2.05) is 17.8 Å². The van der Waals surface area contributed by atoms with E-state index in [1.54, 1.807) is 0 Å². The molecule has 1 saturated heterocycles. The number of likely N-dealkylation sites (tertiary alicyclic amines) is 1.